The zero-order chi connectivity index (χ0) is 11.5. The number of carbonyl (C=O) groups is 1. The summed E-state index contributed by atoms with van der Waals surface area (Å²) in [5, 5.41) is 2.76. The predicted molar refractivity (Wildman–Crippen MR) is 65.7 cm³/mol. The van der Waals surface area contributed by atoms with Crippen molar-refractivity contribution in [3.05, 3.63) is 40.3 Å². The monoisotopic (exact) mass is 233 g/mol. The number of anilines is 2. The van der Waals surface area contributed by atoms with E-state index in [0.29, 0.717) is 16.3 Å². The molecule has 0 fully saturated rings. The minimum atomic E-state index is -0.181. The molecule has 0 spiro atoms. The number of nitrogen functional groups attached to an aromatic ring is 1. The Morgan fingerprint density at radius 2 is 2.31 bits per heavy atom. The number of carbonyl (C=O) groups excluding carboxylic acids is 1. The molecule has 0 saturated heterocycles. The SMILES string of the molecule is Cc1ccc(N)c(NC(=O)c2cncs2)c1. The van der Waals surface area contributed by atoms with Crippen LogP contribution in [0.15, 0.2) is 29.9 Å². The number of rotatable bonds is 2. The Balaban J connectivity index is 2.21. The molecule has 82 valence electrons. The molecule has 0 bridgehead atoms. The van der Waals surface area contributed by atoms with E-state index >= 15 is 0 Å². The van der Waals surface area contributed by atoms with Gasteiger partial charge in [-0.3, -0.25) is 9.78 Å². The highest BCUT2D eigenvalue weighted by molar-refractivity contribution is 7.11. The molecule has 0 saturated carbocycles. The molecule has 0 radical (unpaired) electrons. The highest BCUT2D eigenvalue weighted by atomic mass is 32.1. The van der Waals surface area contributed by atoms with E-state index in [1.54, 1.807) is 11.6 Å². The molecular formula is C11H11N3OS. The summed E-state index contributed by atoms with van der Waals surface area (Å²) in [6, 6.07) is 5.52. The van der Waals surface area contributed by atoms with Gasteiger partial charge in [0.05, 0.1) is 23.1 Å². The smallest absolute Gasteiger partial charge is 0.267 e. The summed E-state index contributed by atoms with van der Waals surface area (Å²) < 4.78 is 0. The molecule has 1 amide bonds. The summed E-state index contributed by atoms with van der Waals surface area (Å²) in [6.07, 6.45) is 1.53. The standard InChI is InChI=1S/C11H11N3OS/c1-7-2-3-8(12)9(4-7)14-11(15)10-5-13-6-16-10/h2-6H,12H2,1H3,(H,14,15). The van der Waals surface area contributed by atoms with Gasteiger partial charge in [-0.2, -0.15) is 0 Å². The molecule has 0 atom stereocenters. The third-order valence-electron chi connectivity index (χ3n) is 2.11. The largest absolute Gasteiger partial charge is 0.397 e. The molecule has 5 heteroatoms. The van der Waals surface area contributed by atoms with E-state index in [1.807, 2.05) is 19.1 Å². The Morgan fingerprint density at radius 3 is 3.00 bits per heavy atom. The van der Waals surface area contributed by atoms with Crippen molar-refractivity contribution in [1.29, 1.82) is 0 Å². The highest BCUT2D eigenvalue weighted by Crippen LogP contribution is 2.20. The van der Waals surface area contributed by atoms with Gasteiger partial charge in [0.15, 0.2) is 0 Å². The Labute approximate surface area is 97.1 Å². The van der Waals surface area contributed by atoms with Crippen molar-refractivity contribution in [2.75, 3.05) is 11.1 Å². The van der Waals surface area contributed by atoms with Gasteiger partial charge in [-0.25, -0.2) is 0 Å². The van der Waals surface area contributed by atoms with E-state index < -0.39 is 0 Å². The lowest BCUT2D eigenvalue weighted by Crippen LogP contribution is -2.11. The molecule has 0 aliphatic rings. The van der Waals surface area contributed by atoms with Crippen LogP contribution < -0.4 is 11.1 Å². The normalized spacial score (nSPS) is 10.1. The maximum Gasteiger partial charge on any atom is 0.267 e. The van der Waals surface area contributed by atoms with Crippen molar-refractivity contribution < 1.29 is 4.79 Å². The van der Waals surface area contributed by atoms with Crippen LogP contribution in [0.2, 0.25) is 0 Å². The van der Waals surface area contributed by atoms with Gasteiger partial charge in [0, 0.05) is 0 Å². The van der Waals surface area contributed by atoms with Crippen molar-refractivity contribution in [3.63, 3.8) is 0 Å². The first-order valence-corrected chi connectivity index (χ1v) is 5.61. The van der Waals surface area contributed by atoms with E-state index in [9.17, 15) is 4.79 Å². The van der Waals surface area contributed by atoms with E-state index in [0.717, 1.165) is 5.56 Å². The molecule has 0 unspecified atom stereocenters. The Bertz CT molecular complexity index is 508. The number of thiazole rings is 1. The fourth-order valence-corrected chi connectivity index (χ4v) is 1.81. The number of aryl methyl sites for hydroxylation is 1. The lowest BCUT2D eigenvalue weighted by atomic mass is 10.2. The van der Waals surface area contributed by atoms with Crippen LogP contribution in [0.4, 0.5) is 11.4 Å². The minimum absolute atomic E-state index is 0.181. The maximum absolute atomic E-state index is 11.7. The van der Waals surface area contributed by atoms with Crippen molar-refractivity contribution in [2.24, 2.45) is 0 Å². The number of nitrogens with zero attached hydrogens (tertiary/aromatic N) is 1. The molecule has 1 heterocycles. The van der Waals surface area contributed by atoms with Crippen LogP contribution in [0, 0.1) is 6.92 Å². The lowest BCUT2D eigenvalue weighted by molar-refractivity contribution is 0.103. The van der Waals surface area contributed by atoms with Crippen LogP contribution in [-0.2, 0) is 0 Å². The van der Waals surface area contributed by atoms with E-state index in [-0.39, 0.29) is 5.91 Å². The number of nitrogens with two attached hydrogens (primary N) is 1. The Morgan fingerprint density at radius 1 is 1.50 bits per heavy atom. The summed E-state index contributed by atoms with van der Waals surface area (Å²) in [5.74, 6) is -0.181. The molecule has 1 aromatic heterocycles. The van der Waals surface area contributed by atoms with Gasteiger partial charge in [-0.05, 0) is 24.6 Å². The average molecular weight is 233 g/mol. The minimum Gasteiger partial charge on any atom is -0.397 e. The molecule has 16 heavy (non-hydrogen) atoms. The number of hydrogen-bond donors (Lipinski definition) is 2. The molecule has 4 nitrogen and oxygen atoms in total. The zero-order valence-corrected chi connectivity index (χ0v) is 9.54. The second-order valence-corrected chi connectivity index (χ2v) is 4.30. The third-order valence-corrected chi connectivity index (χ3v) is 2.88. The maximum atomic E-state index is 11.7. The third kappa shape index (κ3) is 2.20. The lowest BCUT2D eigenvalue weighted by Gasteiger charge is -2.07. The molecule has 0 aliphatic heterocycles. The number of benzene rings is 1. The molecule has 2 rings (SSSR count). The quantitative estimate of drug-likeness (QED) is 0.782. The van der Waals surface area contributed by atoms with Crippen LogP contribution in [0.1, 0.15) is 15.2 Å². The van der Waals surface area contributed by atoms with Gasteiger partial charge in [-0.15, -0.1) is 11.3 Å². The van der Waals surface area contributed by atoms with Gasteiger partial charge in [0.1, 0.15) is 4.88 Å². The van der Waals surface area contributed by atoms with Gasteiger partial charge >= 0.3 is 0 Å². The van der Waals surface area contributed by atoms with Crippen LogP contribution in [0.3, 0.4) is 0 Å². The van der Waals surface area contributed by atoms with Crippen molar-refractivity contribution in [3.8, 4) is 0 Å². The zero-order valence-electron chi connectivity index (χ0n) is 8.73. The van der Waals surface area contributed by atoms with Gasteiger partial charge in [0.25, 0.3) is 5.91 Å². The Kier molecular flexibility index (Phi) is 2.87. The first-order valence-electron chi connectivity index (χ1n) is 4.73. The molecule has 2 aromatic rings. The predicted octanol–water partition coefficient (Wildman–Crippen LogP) is 2.29. The van der Waals surface area contributed by atoms with Gasteiger partial charge < -0.3 is 11.1 Å². The van der Waals surface area contributed by atoms with Gasteiger partial charge in [-0.1, -0.05) is 6.07 Å². The van der Waals surface area contributed by atoms with Crippen LogP contribution in [-0.4, -0.2) is 10.9 Å². The summed E-state index contributed by atoms with van der Waals surface area (Å²) in [7, 11) is 0. The van der Waals surface area contributed by atoms with E-state index in [2.05, 4.69) is 10.3 Å². The molecule has 0 aliphatic carbocycles. The topological polar surface area (TPSA) is 68.0 Å². The number of aromatic nitrogens is 1. The fraction of sp³-hybridized carbons (Fsp3) is 0.0909. The highest BCUT2D eigenvalue weighted by Gasteiger charge is 2.09. The first-order chi connectivity index (χ1) is 7.66. The average Bonchev–Trinajstić information content (AvgIpc) is 2.76. The van der Waals surface area contributed by atoms with Crippen molar-refractivity contribution in [2.45, 2.75) is 6.92 Å². The number of amides is 1. The second-order valence-electron chi connectivity index (χ2n) is 3.41. The number of hydrogen-bond acceptors (Lipinski definition) is 4. The summed E-state index contributed by atoms with van der Waals surface area (Å²) >= 11 is 1.30. The number of nitrogens with one attached hydrogen (secondary N) is 1. The van der Waals surface area contributed by atoms with E-state index in [4.69, 9.17) is 5.73 Å². The second kappa shape index (κ2) is 4.32. The van der Waals surface area contributed by atoms with E-state index in [1.165, 1.54) is 17.5 Å². The summed E-state index contributed by atoms with van der Waals surface area (Å²) in [6.45, 7) is 1.95. The summed E-state index contributed by atoms with van der Waals surface area (Å²) in [5.41, 5.74) is 9.63. The van der Waals surface area contributed by atoms with Crippen LogP contribution in [0.5, 0.6) is 0 Å². The summed E-state index contributed by atoms with van der Waals surface area (Å²) in [4.78, 5) is 16.2. The molecular weight excluding hydrogens is 222 g/mol. The van der Waals surface area contributed by atoms with Crippen LogP contribution >= 0.6 is 11.3 Å². The van der Waals surface area contributed by atoms with Crippen molar-refractivity contribution in [1.82, 2.24) is 4.98 Å². The van der Waals surface area contributed by atoms with Crippen LogP contribution in [0.25, 0.3) is 0 Å². The first kappa shape index (κ1) is 10.6. The molecule has 1 aromatic carbocycles. The molecule has 3 N–H and O–H groups in total. The van der Waals surface area contributed by atoms with Crippen molar-refractivity contribution >= 4 is 28.6 Å². The Hall–Kier alpha value is -1.88. The van der Waals surface area contributed by atoms with Gasteiger partial charge in [0.2, 0.25) is 0 Å². The fourth-order valence-electron chi connectivity index (χ4n) is 1.29.